The Morgan fingerprint density at radius 1 is 1.24 bits per heavy atom. The van der Waals surface area contributed by atoms with Crippen molar-refractivity contribution in [3.05, 3.63) is 33.2 Å². The molecule has 2 fully saturated rings. The van der Waals surface area contributed by atoms with Gasteiger partial charge in [0.15, 0.2) is 0 Å². The molecule has 0 bridgehead atoms. The van der Waals surface area contributed by atoms with E-state index in [1.165, 1.54) is 35.9 Å². The third kappa shape index (κ3) is 3.11. The fourth-order valence-electron chi connectivity index (χ4n) is 3.68. The number of carbonyl (C=O) groups excluding carboxylic acids is 1. The molecule has 3 nitrogen and oxygen atoms in total. The minimum Gasteiger partial charge on any atom is -0.331 e. The Hall–Kier alpha value is -0.690. The lowest BCUT2D eigenvalue weighted by atomic mass is 9.94. The minimum absolute atomic E-state index is 0.0414. The summed E-state index contributed by atoms with van der Waals surface area (Å²) in [6.45, 7) is 2.59. The second kappa shape index (κ2) is 7.14. The third-order valence-corrected chi connectivity index (χ3v) is 7.87. The molecule has 1 saturated carbocycles. The highest BCUT2D eigenvalue weighted by molar-refractivity contribution is 8.27. The van der Waals surface area contributed by atoms with Crippen LogP contribution in [0.3, 0.4) is 0 Å². The number of fused-ring (bicyclic) bond motifs is 1. The van der Waals surface area contributed by atoms with Gasteiger partial charge >= 0.3 is 0 Å². The summed E-state index contributed by atoms with van der Waals surface area (Å²) in [4.78, 5) is 18.9. The van der Waals surface area contributed by atoms with Gasteiger partial charge in [0.05, 0.1) is 5.69 Å². The predicted molar refractivity (Wildman–Crippen MR) is 111 cm³/mol. The number of rotatable bonds is 2. The number of carbonyl (C=O) groups is 1. The number of halogens is 1. The van der Waals surface area contributed by atoms with Gasteiger partial charge in [0, 0.05) is 22.5 Å². The number of hydrogen-bond acceptors (Lipinski definition) is 5. The van der Waals surface area contributed by atoms with E-state index in [1.807, 2.05) is 19.1 Å². The van der Waals surface area contributed by atoms with E-state index in [1.54, 1.807) is 16.7 Å². The first-order valence-electron chi connectivity index (χ1n) is 8.64. The first-order chi connectivity index (χ1) is 12.1. The zero-order chi connectivity index (χ0) is 17.6. The zero-order valence-electron chi connectivity index (χ0n) is 14.0. The molecule has 0 aromatic heterocycles. The van der Waals surface area contributed by atoms with Crippen LogP contribution < -0.4 is 4.90 Å². The van der Waals surface area contributed by atoms with E-state index in [0.29, 0.717) is 16.9 Å². The summed E-state index contributed by atoms with van der Waals surface area (Å²) in [6.07, 6.45) is 6.09. The first kappa shape index (κ1) is 17.7. The average Bonchev–Trinajstić information content (AvgIpc) is 3.12. The summed E-state index contributed by atoms with van der Waals surface area (Å²) in [5, 5.41) is 1.78. The van der Waals surface area contributed by atoms with Crippen LogP contribution >= 0.6 is 47.3 Å². The molecule has 1 aliphatic carbocycles. The molecule has 132 valence electrons. The van der Waals surface area contributed by atoms with Crippen molar-refractivity contribution in [1.82, 2.24) is 4.90 Å². The van der Waals surface area contributed by atoms with Gasteiger partial charge in [-0.2, -0.15) is 0 Å². The number of thiocarbonyl (C=S) groups is 1. The number of nitrogens with zero attached hydrogens (tertiary/aromatic N) is 2. The lowest BCUT2D eigenvalue weighted by Gasteiger charge is -2.34. The molecule has 0 atom stereocenters. The van der Waals surface area contributed by atoms with Crippen LogP contribution in [0.4, 0.5) is 5.69 Å². The summed E-state index contributed by atoms with van der Waals surface area (Å²) < 4.78 is 0.660. The lowest BCUT2D eigenvalue weighted by Crippen LogP contribution is -2.35. The van der Waals surface area contributed by atoms with Crippen LogP contribution in [0.1, 0.15) is 39.0 Å². The maximum absolute atomic E-state index is 12.9. The molecule has 1 aromatic rings. The van der Waals surface area contributed by atoms with Crippen molar-refractivity contribution < 1.29 is 4.79 Å². The fourth-order valence-corrected chi connectivity index (χ4v) is 6.58. The van der Waals surface area contributed by atoms with Crippen molar-refractivity contribution >= 4 is 63.3 Å². The number of hydrogen-bond donors (Lipinski definition) is 0. The number of anilines is 1. The number of amides is 1. The van der Waals surface area contributed by atoms with E-state index >= 15 is 0 Å². The highest BCUT2D eigenvalue weighted by atomic mass is 35.5. The molecular formula is C18H19ClN2OS3. The van der Waals surface area contributed by atoms with Crippen molar-refractivity contribution in [2.24, 2.45) is 0 Å². The van der Waals surface area contributed by atoms with Crippen LogP contribution in [-0.4, -0.2) is 27.7 Å². The normalized spacial score (nSPS) is 24.4. The standard InChI is InChI=1S/C18H19ClN2OS3/c1-2-20-16(22)15(25-18(20)23)17-21(12-6-4-3-5-7-12)13-10-11(19)8-9-14(13)24-17/h8-10,12H,2-7H2,1H3/b17-15+. The van der Waals surface area contributed by atoms with Gasteiger partial charge in [-0.3, -0.25) is 9.69 Å². The molecule has 0 spiro atoms. The van der Waals surface area contributed by atoms with Gasteiger partial charge in [0.2, 0.25) is 0 Å². The van der Waals surface area contributed by atoms with Gasteiger partial charge < -0.3 is 4.90 Å². The predicted octanol–water partition coefficient (Wildman–Crippen LogP) is 5.63. The SMILES string of the molecule is CCN1C(=O)/C(=C2\Sc3ccc(Cl)cc3N2C2CCCCC2)SC1=S. The third-order valence-electron chi connectivity index (χ3n) is 4.91. The van der Waals surface area contributed by atoms with E-state index in [9.17, 15) is 4.79 Å². The maximum Gasteiger partial charge on any atom is 0.268 e. The molecule has 1 amide bonds. The molecule has 0 unspecified atom stereocenters. The Kier molecular flexibility index (Phi) is 5.06. The monoisotopic (exact) mass is 410 g/mol. The van der Waals surface area contributed by atoms with Crippen molar-refractivity contribution in [2.75, 3.05) is 11.4 Å². The van der Waals surface area contributed by atoms with E-state index in [4.69, 9.17) is 23.8 Å². The van der Waals surface area contributed by atoms with Gasteiger partial charge in [-0.1, -0.05) is 66.6 Å². The molecular weight excluding hydrogens is 392 g/mol. The van der Waals surface area contributed by atoms with Crippen LogP contribution in [0.2, 0.25) is 5.02 Å². The Morgan fingerprint density at radius 3 is 2.68 bits per heavy atom. The number of benzene rings is 1. The molecule has 25 heavy (non-hydrogen) atoms. The second-order valence-electron chi connectivity index (χ2n) is 6.43. The van der Waals surface area contributed by atoms with Crippen LogP contribution in [0.15, 0.2) is 33.0 Å². The second-order valence-corrected chi connectivity index (χ2v) is 9.54. The molecule has 7 heteroatoms. The Balaban J connectivity index is 1.80. The van der Waals surface area contributed by atoms with Crippen molar-refractivity contribution in [3.8, 4) is 0 Å². The quantitative estimate of drug-likeness (QED) is 0.464. The van der Waals surface area contributed by atoms with Gasteiger partial charge in [0.1, 0.15) is 14.3 Å². The summed E-state index contributed by atoms with van der Waals surface area (Å²) >= 11 is 14.8. The van der Waals surface area contributed by atoms with E-state index in [0.717, 1.165) is 33.5 Å². The Bertz CT molecular complexity index is 774. The van der Waals surface area contributed by atoms with Gasteiger partial charge in [-0.25, -0.2) is 0 Å². The summed E-state index contributed by atoms with van der Waals surface area (Å²) in [5.74, 6) is 0.0414. The van der Waals surface area contributed by atoms with Gasteiger partial charge in [-0.15, -0.1) is 0 Å². The van der Waals surface area contributed by atoms with Crippen LogP contribution in [-0.2, 0) is 4.79 Å². The molecule has 2 heterocycles. The highest BCUT2D eigenvalue weighted by Gasteiger charge is 2.40. The fraction of sp³-hybridized carbons (Fsp3) is 0.444. The van der Waals surface area contributed by atoms with Crippen molar-refractivity contribution in [2.45, 2.75) is 50.0 Å². The first-order valence-corrected chi connectivity index (χ1v) is 11.1. The minimum atomic E-state index is 0.0414. The topological polar surface area (TPSA) is 23.6 Å². The Morgan fingerprint density at radius 2 is 2.00 bits per heavy atom. The summed E-state index contributed by atoms with van der Waals surface area (Å²) in [6, 6.07) is 6.45. The average molecular weight is 411 g/mol. The molecule has 1 aromatic carbocycles. The van der Waals surface area contributed by atoms with Crippen molar-refractivity contribution in [3.63, 3.8) is 0 Å². The van der Waals surface area contributed by atoms with E-state index < -0.39 is 0 Å². The largest absolute Gasteiger partial charge is 0.331 e. The molecule has 3 aliphatic rings. The zero-order valence-corrected chi connectivity index (χ0v) is 17.2. The highest BCUT2D eigenvalue weighted by Crippen LogP contribution is 2.53. The Labute approximate surface area is 167 Å². The van der Waals surface area contributed by atoms with Gasteiger partial charge in [0.25, 0.3) is 5.91 Å². The van der Waals surface area contributed by atoms with Crippen LogP contribution in [0.25, 0.3) is 0 Å². The lowest BCUT2D eigenvalue weighted by molar-refractivity contribution is -0.122. The molecule has 1 saturated heterocycles. The number of thioether (sulfide) groups is 2. The van der Waals surface area contributed by atoms with E-state index in [-0.39, 0.29) is 5.91 Å². The molecule has 0 radical (unpaired) electrons. The molecule has 0 N–H and O–H groups in total. The maximum atomic E-state index is 12.9. The van der Waals surface area contributed by atoms with Crippen LogP contribution in [0.5, 0.6) is 0 Å². The van der Waals surface area contributed by atoms with Crippen molar-refractivity contribution in [1.29, 1.82) is 0 Å². The summed E-state index contributed by atoms with van der Waals surface area (Å²) in [7, 11) is 0. The smallest absolute Gasteiger partial charge is 0.268 e. The number of likely N-dealkylation sites (N-methyl/N-ethyl adjacent to an activating group) is 1. The summed E-state index contributed by atoms with van der Waals surface area (Å²) in [5.41, 5.74) is 1.14. The van der Waals surface area contributed by atoms with E-state index in [2.05, 4.69) is 11.0 Å². The molecule has 2 aliphatic heterocycles. The van der Waals surface area contributed by atoms with Crippen LogP contribution in [0, 0.1) is 0 Å². The molecule has 4 rings (SSSR count). The van der Waals surface area contributed by atoms with Gasteiger partial charge in [-0.05, 0) is 38.0 Å².